The maximum Gasteiger partial charge on any atom is 0.317 e. The summed E-state index contributed by atoms with van der Waals surface area (Å²) in [5.74, 6) is 0. The monoisotopic (exact) mass is 316 g/mol. The van der Waals surface area contributed by atoms with Crippen LogP contribution in [0.5, 0.6) is 0 Å². The van der Waals surface area contributed by atoms with Crippen LogP contribution in [0.4, 0.5) is 4.79 Å². The van der Waals surface area contributed by atoms with Gasteiger partial charge < -0.3 is 20.9 Å². The molecule has 2 aliphatic rings. The predicted molar refractivity (Wildman–Crippen MR) is 92.2 cm³/mol. The average molecular weight is 316 g/mol. The van der Waals surface area contributed by atoms with Crippen LogP contribution in [-0.4, -0.2) is 54.6 Å². The van der Waals surface area contributed by atoms with Crippen molar-refractivity contribution in [3.05, 3.63) is 35.9 Å². The van der Waals surface area contributed by atoms with E-state index in [2.05, 4.69) is 10.2 Å². The van der Waals surface area contributed by atoms with Gasteiger partial charge in [-0.05, 0) is 44.3 Å². The molecule has 1 aromatic rings. The van der Waals surface area contributed by atoms with Crippen LogP contribution >= 0.6 is 0 Å². The van der Waals surface area contributed by atoms with Gasteiger partial charge in [-0.1, -0.05) is 30.3 Å². The summed E-state index contributed by atoms with van der Waals surface area (Å²) >= 11 is 0. The highest BCUT2D eigenvalue weighted by Gasteiger charge is 2.30. The fourth-order valence-electron chi connectivity index (χ4n) is 3.67. The molecule has 2 aliphatic heterocycles. The Labute approximate surface area is 138 Å². The quantitative estimate of drug-likeness (QED) is 0.873. The Morgan fingerprint density at radius 3 is 2.65 bits per heavy atom. The number of hydrogen-bond acceptors (Lipinski definition) is 3. The van der Waals surface area contributed by atoms with Crippen molar-refractivity contribution in [3.8, 4) is 0 Å². The molecule has 0 radical (unpaired) electrons. The summed E-state index contributed by atoms with van der Waals surface area (Å²) in [4.78, 5) is 17.0. The van der Waals surface area contributed by atoms with E-state index in [1.165, 1.54) is 25.9 Å². The lowest BCUT2D eigenvalue weighted by molar-refractivity contribution is 0.174. The minimum Gasteiger partial charge on any atom is -0.336 e. The Hall–Kier alpha value is -1.59. The van der Waals surface area contributed by atoms with E-state index >= 15 is 0 Å². The Balaban J connectivity index is 1.48. The Morgan fingerprint density at radius 1 is 1.17 bits per heavy atom. The van der Waals surface area contributed by atoms with Gasteiger partial charge in [0.25, 0.3) is 0 Å². The van der Waals surface area contributed by atoms with Crippen LogP contribution in [0.1, 0.15) is 37.3 Å². The Kier molecular flexibility index (Phi) is 5.51. The molecule has 3 rings (SSSR count). The Bertz CT molecular complexity index is 501. The summed E-state index contributed by atoms with van der Waals surface area (Å²) in [6.07, 6.45) is 4.82. The number of nitrogens with two attached hydrogens (primary N) is 1. The highest BCUT2D eigenvalue weighted by atomic mass is 16.2. The first-order chi connectivity index (χ1) is 11.2. The van der Waals surface area contributed by atoms with Gasteiger partial charge in [0, 0.05) is 31.7 Å². The summed E-state index contributed by atoms with van der Waals surface area (Å²) in [6, 6.07) is 10.2. The van der Waals surface area contributed by atoms with Gasteiger partial charge in [0.1, 0.15) is 0 Å². The van der Waals surface area contributed by atoms with Crippen molar-refractivity contribution in [2.24, 2.45) is 5.73 Å². The van der Waals surface area contributed by atoms with Crippen LogP contribution in [0.3, 0.4) is 0 Å². The number of urea groups is 1. The number of amides is 2. The molecule has 0 bridgehead atoms. The second kappa shape index (κ2) is 7.79. The third-order valence-corrected chi connectivity index (χ3v) is 5.01. The van der Waals surface area contributed by atoms with E-state index in [1.807, 2.05) is 35.2 Å². The fourth-order valence-corrected chi connectivity index (χ4v) is 3.67. The summed E-state index contributed by atoms with van der Waals surface area (Å²) < 4.78 is 0. The maximum absolute atomic E-state index is 12.5. The summed E-state index contributed by atoms with van der Waals surface area (Å²) in [7, 11) is 0. The molecule has 0 aliphatic carbocycles. The van der Waals surface area contributed by atoms with E-state index in [0.717, 1.165) is 31.5 Å². The molecule has 2 heterocycles. The third kappa shape index (κ3) is 4.24. The highest BCUT2D eigenvalue weighted by molar-refractivity contribution is 5.75. The van der Waals surface area contributed by atoms with E-state index < -0.39 is 0 Å². The van der Waals surface area contributed by atoms with Gasteiger partial charge in [-0.2, -0.15) is 0 Å². The largest absolute Gasteiger partial charge is 0.336 e. The van der Waals surface area contributed by atoms with Gasteiger partial charge >= 0.3 is 6.03 Å². The second-order valence-corrected chi connectivity index (χ2v) is 6.70. The molecule has 3 N–H and O–H groups in total. The maximum atomic E-state index is 12.5. The normalized spacial score (nSPS) is 23.2. The first-order valence-corrected chi connectivity index (χ1v) is 8.81. The molecule has 0 spiro atoms. The molecule has 1 aromatic carbocycles. The lowest BCUT2D eigenvalue weighted by Gasteiger charge is -2.29. The fraction of sp³-hybridized carbons (Fsp3) is 0.611. The number of nitrogens with one attached hydrogen (secondary N) is 1. The topological polar surface area (TPSA) is 61.6 Å². The van der Waals surface area contributed by atoms with Gasteiger partial charge in [0.05, 0.1) is 0 Å². The number of nitrogens with zero attached hydrogens (tertiary/aromatic N) is 2. The summed E-state index contributed by atoms with van der Waals surface area (Å²) in [6.45, 7) is 4.74. The van der Waals surface area contributed by atoms with Crippen LogP contribution in [0, 0.1) is 0 Å². The van der Waals surface area contributed by atoms with E-state index in [-0.39, 0.29) is 12.1 Å². The Morgan fingerprint density at radius 2 is 1.91 bits per heavy atom. The number of rotatable bonds is 5. The lowest BCUT2D eigenvalue weighted by Crippen LogP contribution is -2.48. The van der Waals surface area contributed by atoms with Gasteiger partial charge in [-0.15, -0.1) is 0 Å². The molecule has 23 heavy (non-hydrogen) atoms. The number of carbonyl (C=O) groups excluding carboxylic acids is 1. The van der Waals surface area contributed by atoms with Crippen LogP contribution < -0.4 is 11.1 Å². The van der Waals surface area contributed by atoms with Crippen LogP contribution in [0.2, 0.25) is 0 Å². The van der Waals surface area contributed by atoms with Gasteiger partial charge in [-0.25, -0.2) is 4.79 Å². The van der Waals surface area contributed by atoms with Crippen molar-refractivity contribution in [2.45, 2.75) is 37.8 Å². The minimum absolute atomic E-state index is 0.0399. The first-order valence-electron chi connectivity index (χ1n) is 8.81. The predicted octanol–water partition coefficient (Wildman–Crippen LogP) is 1.96. The van der Waals surface area contributed by atoms with E-state index in [9.17, 15) is 4.79 Å². The minimum atomic E-state index is -0.153. The van der Waals surface area contributed by atoms with Crippen molar-refractivity contribution in [3.63, 3.8) is 0 Å². The molecule has 0 aromatic heterocycles. The zero-order valence-corrected chi connectivity index (χ0v) is 13.8. The van der Waals surface area contributed by atoms with Crippen LogP contribution in [0.15, 0.2) is 30.3 Å². The molecule has 2 fully saturated rings. The SMILES string of the molecule is NC(CNC(=O)N1CCCC1CN1CCCC1)c1ccccc1. The molecule has 2 atom stereocenters. The molecule has 0 saturated carbocycles. The van der Waals surface area contributed by atoms with Crippen molar-refractivity contribution in [1.29, 1.82) is 0 Å². The van der Waals surface area contributed by atoms with Crippen LogP contribution in [0.25, 0.3) is 0 Å². The number of hydrogen-bond donors (Lipinski definition) is 2. The van der Waals surface area contributed by atoms with E-state index in [4.69, 9.17) is 5.73 Å². The zero-order valence-electron chi connectivity index (χ0n) is 13.8. The first kappa shape index (κ1) is 16.3. The van der Waals surface area contributed by atoms with E-state index in [1.54, 1.807) is 0 Å². The number of carbonyl (C=O) groups is 1. The third-order valence-electron chi connectivity index (χ3n) is 5.01. The summed E-state index contributed by atoms with van der Waals surface area (Å²) in [5, 5.41) is 3.02. The molecular formula is C18H28N4O. The average Bonchev–Trinajstić information content (AvgIpc) is 3.25. The van der Waals surface area contributed by atoms with Gasteiger partial charge in [-0.3, -0.25) is 0 Å². The number of benzene rings is 1. The van der Waals surface area contributed by atoms with Gasteiger partial charge in [0.15, 0.2) is 0 Å². The molecule has 2 amide bonds. The molecule has 5 nitrogen and oxygen atoms in total. The van der Waals surface area contributed by atoms with Gasteiger partial charge in [0.2, 0.25) is 0 Å². The van der Waals surface area contributed by atoms with Crippen LogP contribution in [-0.2, 0) is 0 Å². The smallest absolute Gasteiger partial charge is 0.317 e. The van der Waals surface area contributed by atoms with Crippen molar-refractivity contribution in [2.75, 3.05) is 32.7 Å². The molecule has 2 unspecified atom stereocenters. The van der Waals surface area contributed by atoms with E-state index in [0.29, 0.717) is 12.6 Å². The molecule has 5 heteroatoms. The summed E-state index contributed by atoms with van der Waals surface area (Å²) in [5.41, 5.74) is 7.23. The molecule has 126 valence electrons. The van der Waals surface area contributed by atoms with Crippen molar-refractivity contribution >= 4 is 6.03 Å². The number of likely N-dealkylation sites (tertiary alicyclic amines) is 2. The molecular weight excluding hydrogens is 288 g/mol. The zero-order chi connectivity index (χ0) is 16.1. The lowest BCUT2D eigenvalue weighted by atomic mass is 10.1. The van der Waals surface area contributed by atoms with Crippen molar-refractivity contribution < 1.29 is 4.79 Å². The molecule has 2 saturated heterocycles. The highest BCUT2D eigenvalue weighted by Crippen LogP contribution is 2.20. The standard InChI is InChI=1S/C18H28N4O/c19-17(15-7-2-1-3-8-15)13-20-18(23)22-12-6-9-16(22)14-21-10-4-5-11-21/h1-3,7-8,16-17H,4-6,9-14,19H2,(H,20,23). The van der Waals surface area contributed by atoms with Crippen molar-refractivity contribution in [1.82, 2.24) is 15.1 Å². The second-order valence-electron chi connectivity index (χ2n) is 6.70.